The molecule has 1 heterocycles. The van der Waals surface area contributed by atoms with Gasteiger partial charge in [0, 0.05) is 13.0 Å². The largest absolute Gasteiger partial charge is 0.361 e. The zero-order valence-electron chi connectivity index (χ0n) is 7.64. The molecule has 0 bridgehead atoms. The molecule has 0 spiro atoms. The summed E-state index contributed by atoms with van der Waals surface area (Å²) < 4.78 is 19.0. The van der Waals surface area contributed by atoms with E-state index in [-0.39, 0.29) is 6.54 Å². The van der Waals surface area contributed by atoms with E-state index < -0.39 is 5.67 Å². The van der Waals surface area contributed by atoms with Gasteiger partial charge in [0.2, 0.25) is 0 Å². The van der Waals surface area contributed by atoms with Gasteiger partial charge in [-0.2, -0.15) is 0 Å². The smallest absolute Gasteiger partial charge is 0.143 e. The van der Waals surface area contributed by atoms with Crippen LogP contribution < -0.4 is 5.73 Å². The Kier molecular flexibility index (Phi) is 1.87. The fourth-order valence-corrected chi connectivity index (χ4v) is 1.97. The predicted molar refractivity (Wildman–Crippen MR) is 45.8 cm³/mol. The van der Waals surface area contributed by atoms with Gasteiger partial charge < -0.3 is 10.3 Å². The van der Waals surface area contributed by atoms with Crippen molar-refractivity contribution in [3.8, 4) is 0 Å². The van der Waals surface area contributed by atoms with Crippen LogP contribution in [0.5, 0.6) is 0 Å². The first-order valence-corrected chi connectivity index (χ1v) is 4.52. The highest BCUT2D eigenvalue weighted by atomic mass is 19.1. The lowest BCUT2D eigenvalue weighted by molar-refractivity contribution is 0.155. The molecule has 13 heavy (non-hydrogen) atoms. The first-order chi connectivity index (χ1) is 6.15. The molecule has 0 saturated heterocycles. The van der Waals surface area contributed by atoms with Gasteiger partial charge in [0.25, 0.3) is 0 Å². The van der Waals surface area contributed by atoms with E-state index in [1.54, 1.807) is 6.92 Å². The Morgan fingerprint density at radius 1 is 1.69 bits per heavy atom. The first-order valence-electron chi connectivity index (χ1n) is 4.52. The quantitative estimate of drug-likeness (QED) is 0.722. The van der Waals surface area contributed by atoms with Crippen molar-refractivity contribution in [1.29, 1.82) is 0 Å². The Bertz CT molecular complexity index is 306. The van der Waals surface area contributed by atoms with Crippen LogP contribution in [-0.2, 0) is 18.6 Å². The Morgan fingerprint density at radius 2 is 2.46 bits per heavy atom. The van der Waals surface area contributed by atoms with Crippen molar-refractivity contribution in [1.82, 2.24) is 5.16 Å². The number of alkyl halides is 1. The number of fused-ring (bicyclic) bond motifs is 1. The maximum absolute atomic E-state index is 14.0. The van der Waals surface area contributed by atoms with Crippen molar-refractivity contribution in [3.05, 3.63) is 17.0 Å². The Morgan fingerprint density at radius 3 is 3.15 bits per heavy atom. The molecule has 2 N–H and O–H groups in total. The summed E-state index contributed by atoms with van der Waals surface area (Å²) in [6.45, 7) is 1.82. The molecule has 1 unspecified atom stereocenters. The predicted octanol–water partition coefficient (Wildman–Crippen LogP) is 1.65. The fraction of sp³-hybridized carbons (Fsp3) is 0.667. The topological polar surface area (TPSA) is 52.0 Å². The minimum Gasteiger partial charge on any atom is -0.361 e. The third-order valence-corrected chi connectivity index (χ3v) is 2.60. The van der Waals surface area contributed by atoms with Gasteiger partial charge in [0.15, 0.2) is 0 Å². The van der Waals surface area contributed by atoms with E-state index in [1.807, 2.05) is 0 Å². The summed E-state index contributed by atoms with van der Waals surface area (Å²) in [5, 5.41) is 3.77. The second-order valence-corrected chi connectivity index (χ2v) is 3.68. The number of nitrogens with two attached hydrogens (primary N) is 1. The molecule has 2 rings (SSSR count). The van der Waals surface area contributed by atoms with Crippen LogP contribution in [0.4, 0.5) is 4.39 Å². The highest BCUT2D eigenvalue weighted by Crippen LogP contribution is 2.40. The zero-order valence-corrected chi connectivity index (χ0v) is 7.64. The van der Waals surface area contributed by atoms with Crippen LogP contribution in [0, 0.1) is 0 Å². The van der Waals surface area contributed by atoms with Gasteiger partial charge in [-0.15, -0.1) is 0 Å². The number of aromatic nitrogens is 1. The average Bonchev–Trinajstić information content (AvgIpc) is 2.48. The van der Waals surface area contributed by atoms with Crippen molar-refractivity contribution < 1.29 is 8.91 Å². The molecular formula is C9H13FN2O. The molecule has 0 aliphatic heterocycles. The lowest BCUT2D eigenvalue weighted by Gasteiger charge is -2.24. The third-order valence-electron chi connectivity index (χ3n) is 2.60. The molecule has 0 saturated carbocycles. The van der Waals surface area contributed by atoms with Crippen molar-refractivity contribution in [3.63, 3.8) is 0 Å². The third kappa shape index (κ3) is 1.25. The lowest BCUT2D eigenvalue weighted by atomic mass is 9.84. The zero-order chi connectivity index (χ0) is 9.47. The summed E-state index contributed by atoms with van der Waals surface area (Å²) in [7, 11) is 0. The van der Waals surface area contributed by atoms with E-state index >= 15 is 0 Å². The van der Waals surface area contributed by atoms with Crippen molar-refractivity contribution in [2.75, 3.05) is 0 Å². The number of halogens is 1. The van der Waals surface area contributed by atoms with Gasteiger partial charge >= 0.3 is 0 Å². The number of rotatable bonds is 1. The SMILES string of the molecule is CC1(F)CCCc2onc(CN)c21. The molecule has 0 fully saturated rings. The Labute approximate surface area is 76.1 Å². The second kappa shape index (κ2) is 2.80. The van der Waals surface area contributed by atoms with Crippen LogP contribution in [0.25, 0.3) is 0 Å². The van der Waals surface area contributed by atoms with Crippen LogP contribution in [0.3, 0.4) is 0 Å². The van der Waals surface area contributed by atoms with Gasteiger partial charge in [-0.05, 0) is 19.8 Å². The summed E-state index contributed by atoms with van der Waals surface area (Å²) in [4.78, 5) is 0. The van der Waals surface area contributed by atoms with Crippen LogP contribution in [0.1, 0.15) is 36.8 Å². The van der Waals surface area contributed by atoms with E-state index in [2.05, 4.69) is 5.16 Å². The molecule has 4 heteroatoms. The van der Waals surface area contributed by atoms with Gasteiger partial charge in [-0.1, -0.05) is 5.16 Å². The van der Waals surface area contributed by atoms with Crippen LogP contribution >= 0.6 is 0 Å². The average molecular weight is 184 g/mol. The van der Waals surface area contributed by atoms with Gasteiger partial charge in [0.1, 0.15) is 17.1 Å². The maximum atomic E-state index is 14.0. The molecular weight excluding hydrogens is 171 g/mol. The summed E-state index contributed by atoms with van der Waals surface area (Å²) in [5.41, 5.74) is 5.31. The number of hydrogen-bond acceptors (Lipinski definition) is 3. The minimum absolute atomic E-state index is 0.248. The van der Waals surface area contributed by atoms with Gasteiger partial charge in [0.05, 0.1) is 5.56 Å². The van der Waals surface area contributed by atoms with Crippen LogP contribution in [-0.4, -0.2) is 5.16 Å². The Balaban J connectivity index is 2.52. The summed E-state index contributed by atoms with van der Waals surface area (Å²) in [6, 6.07) is 0. The molecule has 3 nitrogen and oxygen atoms in total. The van der Waals surface area contributed by atoms with Crippen molar-refractivity contribution in [2.24, 2.45) is 5.73 Å². The number of nitrogens with zero attached hydrogens (tertiary/aromatic N) is 1. The van der Waals surface area contributed by atoms with Crippen molar-refractivity contribution in [2.45, 2.75) is 38.4 Å². The number of hydrogen-bond donors (Lipinski definition) is 1. The summed E-state index contributed by atoms with van der Waals surface area (Å²) in [6.07, 6.45) is 2.13. The first kappa shape index (κ1) is 8.69. The molecule has 1 aromatic heterocycles. The highest BCUT2D eigenvalue weighted by Gasteiger charge is 2.37. The summed E-state index contributed by atoms with van der Waals surface area (Å²) in [5.74, 6) is 0.678. The molecule has 1 aliphatic carbocycles. The normalized spacial score (nSPS) is 27.3. The summed E-state index contributed by atoms with van der Waals surface area (Å²) >= 11 is 0. The lowest BCUT2D eigenvalue weighted by Crippen LogP contribution is -2.23. The van der Waals surface area contributed by atoms with Crippen molar-refractivity contribution >= 4 is 0 Å². The van der Waals surface area contributed by atoms with E-state index in [4.69, 9.17) is 10.3 Å². The molecule has 0 radical (unpaired) electrons. The molecule has 72 valence electrons. The molecule has 1 aromatic rings. The van der Waals surface area contributed by atoms with Gasteiger partial charge in [-0.3, -0.25) is 0 Å². The van der Waals surface area contributed by atoms with Gasteiger partial charge in [-0.25, -0.2) is 4.39 Å². The standard InChI is InChI=1S/C9H13FN2O/c1-9(10)4-2-3-7-8(9)6(5-11)12-13-7/h2-5,11H2,1H3. The van der Waals surface area contributed by atoms with E-state index in [9.17, 15) is 4.39 Å². The molecule has 0 amide bonds. The van der Waals surface area contributed by atoms with E-state index in [0.29, 0.717) is 23.4 Å². The fourth-order valence-electron chi connectivity index (χ4n) is 1.97. The molecule has 1 atom stereocenters. The Hall–Kier alpha value is -0.900. The highest BCUT2D eigenvalue weighted by molar-refractivity contribution is 5.31. The van der Waals surface area contributed by atoms with E-state index in [0.717, 1.165) is 12.8 Å². The molecule has 0 aromatic carbocycles. The second-order valence-electron chi connectivity index (χ2n) is 3.68. The van der Waals surface area contributed by atoms with Crippen LogP contribution in [0.15, 0.2) is 4.52 Å². The van der Waals surface area contributed by atoms with Crippen LogP contribution in [0.2, 0.25) is 0 Å². The monoisotopic (exact) mass is 184 g/mol. The number of aryl methyl sites for hydroxylation is 1. The molecule has 1 aliphatic rings. The minimum atomic E-state index is -1.30. The maximum Gasteiger partial charge on any atom is 0.143 e. The van der Waals surface area contributed by atoms with E-state index in [1.165, 1.54) is 0 Å².